The van der Waals surface area contributed by atoms with Gasteiger partial charge in [-0.15, -0.1) is 0 Å². The number of halogens is 1. The molecular formula is C27H35ClN4O5. The number of likely N-dealkylation sites (tertiary alicyclic amines) is 1. The van der Waals surface area contributed by atoms with Crippen LogP contribution in [-0.2, 0) is 32.0 Å². The second kappa shape index (κ2) is 13.0. The molecule has 1 aliphatic heterocycles. The van der Waals surface area contributed by atoms with E-state index in [-0.39, 0.29) is 37.8 Å². The van der Waals surface area contributed by atoms with E-state index >= 15 is 0 Å². The van der Waals surface area contributed by atoms with Crippen molar-refractivity contribution < 1.29 is 24.2 Å². The summed E-state index contributed by atoms with van der Waals surface area (Å²) in [5.41, 5.74) is 7.65. The van der Waals surface area contributed by atoms with Crippen molar-refractivity contribution >= 4 is 29.4 Å². The van der Waals surface area contributed by atoms with Crippen LogP contribution in [0.1, 0.15) is 36.2 Å². The summed E-state index contributed by atoms with van der Waals surface area (Å²) in [6, 6.07) is 12.0. The Kier molecular flexibility index (Phi) is 10.0. The fourth-order valence-corrected chi connectivity index (χ4v) is 5.02. The molecule has 0 bridgehead atoms. The summed E-state index contributed by atoms with van der Waals surface area (Å²) in [7, 11) is 1.48. The molecule has 2 heterocycles. The van der Waals surface area contributed by atoms with Crippen LogP contribution in [-0.4, -0.2) is 71.2 Å². The largest absolute Gasteiger partial charge is 0.481 e. The zero-order valence-corrected chi connectivity index (χ0v) is 22.0. The number of amides is 2. The fourth-order valence-electron chi connectivity index (χ4n) is 4.89. The Morgan fingerprint density at radius 3 is 2.62 bits per heavy atom. The van der Waals surface area contributed by atoms with Crippen molar-refractivity contribution in [2.45, 2.75) is 50.6 Å². The molecule has 0 aliphatic carbocycles. The molecule has 4 N–H and O–H groups in total. The molecule has 200 valence electrons. The van der Waals surface area contributed by atoms with Crippen molar-refractivity contribution in [1.82, 2.24) is 15.2 Å². The molecule has 2 aromatic rings. The number of nitrogens with one attached hydrogen (secondary N) is 1. The van der Waals surface area contributed by atoms with Gasteiger partial charge in [0, 0.05) is 43.0 Å². The Labute approximate surface area is 222 Å². The maximum absolute atomic E-state index is 13.7. The van der Waals surface area contributed by atoms with Crippen molar-refractivity contribution in [3.63, 3.8) is 0 Å². The topological polar surface area (TPSA) is 135 Å². The fraction of sp³-hybridized carbons (Fsp3) is 0.481. The number of methoxy groups -OCH3 is 1. The van der Waals surface area contributed by atoms with E-state index in [0.717, 1.165) is 11.3 Å². The molecule has 2 amide bonds. The van der Waals surface area contributed by atoms with Crippen LogP contribution < -0.4 is 11.1 Å². The molecule has 3 rings (SSSR count). The van der Waals surface area contributed by atoms with Crippen LogP contribution in [0.4, 0.5) is 0 Å². The standard InChI is InChI=1S/C27H35ClN4O5/c1-18-5-3-6-22(30-18)13-20(14-24(33)34)26(36)32-12-4-11-27(17-32,31-25(35)23(29)16-37-2)15-19-7-9-21(28)10-8-19/h3,5-10,20,23H,4,11-17,29H2,1-2H3,(H,31,35)(H,33,34)/t20-,23+,27-/m1/s1. The third-order valence-corrected chi connectivity index (χ3v) is 6.84. The minimum atomic E-state index is -1.05. The van der Waals surface area contributed by atoms with Crippen LogP contribution in [0, 0.1) is 12.8 Å². The van der Waals surface area contributed by atoms with Gasteiger partial charge in [-0.2, -0.15) is 0 Å². The lowest BCUT2D eigenvalue weighted by Crippen LogP contribution is -2.64. The molecule has 1 aromatic carbocycles. The summed E-state index contributed by atoms with van der Waals surface area (Å²) in [4.78, 5) is 44.4. The predicted molar refractivity (Wildman–Crippen MR) is 140 cm³/mol. The molecule has 1 saturated heterocycles. The quantitative estimate of drug-likeness (QED) is 0.406. The summed E-state index contributed by atoms with van der Waals surface area (Å²) in [5.74, 6) is -2.45. The number of carboxylic acid groups (broad SMARTS) is 1. The van der Waals surface area contributed by atoms with Gasteiger partial charge in [-0.05, 0) is 56.0 Å². The maximum Gasteiger partial charge on any atom is 0.304 e. The van der Waals surface area contributed by atoms with E-state index in [4.69, 9.17) is 22.1 Å². The van der Waals surface area contributed by atoms with Gasteiger partial charge in [0.1, 0.15) is 6.04 Å². The Bertz CT molecular complexity index is 1100. The Morgan fingerprint density at radius 1 is 1.24 bits per heavy atom. The average molecular weight is 531 g/mol. The summed E-state index contributed by atoms with van der Waals surface area (Å²) in [6.45, 7) is 2.62. The SMILES string of the molecule is COC[C@H](N)C(=O)N[C@@]1(Cc2ccc(Cl)cc2)CCCN(C(=O)[C@@H](CC(=O)O)Cc2cccc(C)n2)C1. The van der Waals surface area contributed by atoms with Crippen LogP contribution in [0.15, 0.2) is 42.5 Å². The number of hydrogen-bond acceptors (Lipinski definition) is 6. The lowest BCUT2D eigenvalue weighted by atomic mass is 9.82. The van der Waals surface area contributed by atoms with Gasteiger partial charge in [0.05, 0.1) is 24.5 Å². The van der Waals surface area contributed by atoms with E-state index in [9.17, 15) is 19.5 Å². The highest BCUT2D eigenvalue weighted by molar-refractivity contribution is 6.30. The van der Waals surface area contributed by atoms with Gasteiger partial charge >= 0.3 is 5.97 Å². The number of nitrogens with two attached hydrogens (primary N) is 1. The first-order valence-electron chi connectivity index (χ1n) is 12.3. The minimum absolute atomic E-state index is 0.0652. The van der Waals surface area contributed by atoms with E-state index in [0.29, 0.717) is 36.5 Å². The molecule has 1 aliphatic rings. The zero-order valence-electron chi connectivity index (χ0n) is 21.3. The number of benzene rings is 1. The van der Waals surface area contributed by atoms with Gasteiger partial charge in [0.25, 0.3) is 0 Å². The molecule has 1 aromatic heterocycles. The van der Waals surface area contributed by atoms with E-state index < -0.39 is 23.5 Å². The number of carbonyl (C=O) groups excluding carboxylic acids is 2. The summed E-state index contributed by atoms with van der Waals surface area (Å²) in [6.07, 6.45) is 1.65. The highest BCUT2D eigenvalue weighted by Gasteiger charge is 2.41. The molecule has 0 spiro atoms. The van der Waals surface area contributed by atoms with E-state index in [2.05, 4.69) is 10.3 Å². The number of nitrogens with zero attached hydrogens (tertiary/aromatic N) is 2. The van der Waals surface area contributed by atoms with E-state index in [1.54, 1.807) is 23.1 Å². The second-order valence-electron chi connectivity index (χ2n) is 9.77. The molecule has 0 saturated carbocycles. The van der Waals surface area contributed by atoms with Crippen molar-refractivity contribution in [2.24, 2.45) is 11.7 Å². The van der Waals surface area contributed by atoms with Crippen LogP contribution in [0.3, 0.4) is 0 Å². The number of carbonyl (C=O) groups is 3. The highest BCUT2D eigenvalue weighted by Crippen LogP contribution is 2.28. The van der Waals surface area contributed by atoms with E-state index in [1.165, 1.54) is 7.11 Å². The van der Waals surface area contributed by atoms with Gasteiger partial charge in [-0.1, -0.05) is 29.8 Å². The first kappa shape index (κ1) is 28.6. The van der Waals surface area contributed by atoms with Gasteiger partial charge in [-0.25, -0.2) is 0 Å². The van der Waals surface area contributed by atoms with Crippen molar-refractivity contribution in [2.75, 3.05) is 26.8 Å². The lowest BCUT2D eigenvalue weighted by Gasteiger charge is -2.45. The Balaban J connectivity index is 1.86. The molecular weight excluding hydrogens is 496 g/mol. The first-order chi connectivity index (χ1) is 17.6. The number of aromatic nitrogens is 1. The number of pyridine rings is 1. The first-order valence-corrected chi connectivity index (χ1v) is 12.7. The molecule has 0 unspecified atom stereocenters. The molecule has 3 atom stereocenters. The lowest BCUT2D eigenvalue weighted by molar-refractivity contribution is -0.146. The van der Waals surface area contributed by atoms with Crippen molar-refractivity contribution in [3.8, 4) is 0 Å². The second-order valence-corrected chi connectivity index (χ2v) is 10.2. The van der Waals surface area contributed by atoms with Gasteiger partial charge < -0.3 is 25.8 Å². The third-order valence-electron chi connectivity index (χ3n) is 6.59. The molecule has 0 radical (unpaired) electrons. The summed E-state index contributed by atoms with van der Waals surface area (Å²) in [5, 5.41) is 13.2. The average Bonchev–Trinajstić information content (AvgIpc) is 2.84. The van der Waals surface area contributed by atoms with Crippen LogP contribution in [0.2, 0.25) is 5.02 Å². The van der Waals surface area contributed by atoms with Crippen molar-refractivity contribution in [1.29, 1.82) is 0 Å². The number of aliphatic carboxylic acids is 1. The van der Waals surface area contributed by atoms with Gasteiger partial charge in [0.2, 0.25) is 11.8 Å². The number of hydrogen-bond donors (Lipinski definition) is 3. The number of aryl methyl sites for hydroxylation is 1. The minimum Gasteiger partial charge on any atom is -0.481 e. The highest BCUT2D eigenvalue weighted by atomic mass is 35.5. The summed E-state index contributed by atoms with van der Waals surface area (Å²) < 4.78 is 5.04. The van der Waals surface area contributed by atoms with Crippen LogP contribution in [0.5, 0.6) is 0 Å². The summed E-state index contributed by atoms with van der Waals surface area (Å²) >= 11 is 6.06. The number of ether oxygens (including phenoxy) is 1. The van der Waals surface area contributed by atoms with Crippen LogP contribution >= 0.6 is 11.6 Å². The van der Waals surface area contributed by atoms with E-state index in [1.807, 2.05) is 31.2 Å². The molecule has 9 nitrogen and oxygen atoms in total. The normalized spacial score (nSPS) is 19.2. The Morgan fingerprint density at radius 2 is 1.97 bits per heavy atom. The zero-order chi connectivity index (χ0) is 27.0. The smallest absolute Gasteiger partial charge is 0.304 e. The number of carboxylic acids is 1. The van der Waals surface area contributed by atoms with Gasteiger partial charge in [0.15, 0.2) is 0 Å². The third kappa shape index (κ3) is 8.24. The predicted octanol–water partition coefficient (Wildman–Crippen LogP) is 2.37. The maximum atomic E-state index is 13.7. The van der Waals surface area contributed by atoms with Crippen LogP contribution in [0.25, 0.3) is 0 Å². The Hall–Kier alpha value is -3.01. The van der Waals surface area contributed by atoms with Gasteiger partial charge in [-0.3, -0.25) is 19.4 Å². The number of rotatable bonds is 11. The molecule has 10 heteroatoms. The molecule has 1 fully saturated rings. The monoisotopic (exact) mass is 530 g/mol. The molecule has 37 heavy (non-hydrogen) atoms. The number of piperidine rings is 1. The van der Waals surface area contributed by atoms with Crippen molar-refractivity contribution in [3.05, 3.63) is 64.4 Å².